The van der Waals surface area contributed by atoms with Crippen LogP contribution in [-0.2, 0) is 5.75 Å². The van der Waals surface area contributed by atoms with Crippen LogP contribution in [0.3, 0.4) is 0 Å². The Morgan fingerprint density at radius 2 is 2.11 bits per heavy atom. The Balaban J connectivity index is 1.70. The molecule has 1 aromatic carbocycles. The molecule has 0 saturated heterocycles. The zero-order valence-corrected chi connectivity index (χ0v) is 11.9. The molecule has 8 heteroatoms. The maximum absolute atomic E-state index is 5.83. The van der Waals surface area contributed by atoms with Gasteiger partial charge in [0.15, 0.2) is 10.2 Å². The maximum atomic E-state index is 5.83. The highest BCUT2D eigenvalue weighted by atomic mass is 35.5. The van der Waals surface area contributed by atoms with Crippen molar-refractivity contribution in [2.45, 2.75) is 10.1 Å². The zero-order chi connectivity index (χ0) is 13.1. The van der Waals surface area contributed by atoms with Gasteiger partial charge in [0.05, 0.1) is 5.75 Å². The minimum atomic E-state index is 0.490. The number of hydrogen-bond acceptors (Lipinski definition) is 7. The molecule has 0 aliphatic carbocycles. The Hall–Kier alpha value is -1.44. The first kappa shape index (κ1) is 12.6. The van der Waals surface area contributed by atoms with E-state index in [1.807, 2.05) is 12.1 Å². The van der Waals surface area contributed by atoms with E-state index in [0.717, 1.165) is 9.90 Å². The van der Waals surface area contributed by atoms with Crippen molar-refractivity contribution in [2.24, 2.45) is 0 Å². The number of hydrogen-bond donors (Lipinski definition) is 0. The van der Waals surface area contributed by atoms with E-state index in [4.69, 9.17) is 16.1 Å². The molecule has 3 rings (SSSR count). The lowest BCUT2D eigenvalue weighted by atomic mass is 10.2. The highest BCUT2D eigenvalue weighted by Crippen LogP contribution is 2.24. The molecular formula is C11H7ClN4OS2. The van der Waals surface area contributed by atoms with Gasteiger partial charge >= 0.3 is 0 Å². The summed E-state index contributed by atoms with van der Waals surface area (Å²) in [6.45, 7) is 0. The fraction of sp³-hybridized carbons (Fsp3) is 0.0909. The molecule has 0 amide bonds. The Kier molecular flexibility index (Phi) is 3.77. The Morgan fingerprint density at radius 3 is 2.84 bits per heavy atom. The van der Waals surface area contributed by atoms with Gasteiger partial charge in [-0.1, -0.05) is 39.9 Å². The summed E-state index contributed by atoms with van der Waals surface area (Å²) in [5.41, 5.74) is 2.54. The van der Waals surface area contributed by atoms with Gasteiger partial charge in [-0.2, -0.15) is 4.98 Å². The van der Waals surface area contributed by atoms with Crippen LogP contribution in [0.25, 0.3) is 11.5 Å². The molecule has 0 aliphatic rings. The second-order valence-electron chi connectivity index (χ2n) is 3.52. The third-order valence-electron chi connectivity index (χ3n) is 2.22. The van der Waals surface area contributed by atoms with Gasteiger partial charge in [-0.15, -0.1) is 10.2 Å². The summed E-state index contributed by atoms with van der Waals surface area (Å²) in [4.78, 5) is 4.32. The molecule has 0 bridgehead atoms. The topological polar surface area (TPSA) is 64.7 Å². The van der Waals surface area contributed by atoms with Gasteiger partial charge < -0.3 is 4.52 Å². The van der Waals surface area contributed by atoms with Gasteiger partial charge in [0, 0.05) is 10.6 Å². The molecule has 19 heavy (non-hydrogen) atoms. The quantitative estimate of drug-likeness (QED) is 0.687. The molecule has 2 heterocycles. The Labute approximate surface area is 122 Å². The SMILES string of the molecule is Clc1ccc(-c2nc(CSc3nncs3)no2)cc1. The summed E-state index contributed by atoms with van der Waals surface area (Å²) < 4.78 is 6.10. The van der Waals surface area contributed by atoms with E-state index in [-0.39, 0.29) is 0 Å². The van der Waals surface area contributed by atoms with Crippen LogP contribution < -0.4 is 0 Å². The van der Waals surface area contributed by atoms with E-state index in [2.05, 4.69) is 20.3 Å². The fourth-order valence-corrected chi connectivity index (χ4v) is 2.83. The molecule has 96 valence electrons. The van der Waals surface area contributed by atoms with Crippen molar-refractivity contribution in [3.8, 4) is 11.5 Å². The fourth-order valence-electron chi connectivity index (χ4n) is 1.37. The van der Waals surface area contributed by atoms with Crippen LogP contribution in [-0.4, -0.2) is 20.3 Å². The second-order valence-corrected chi connectivity index (χ2v) is 6.01. The van der Waals surface area contributed by atoms with Crippen LogP contribution >= 0.6 is 34.7 Å². The average molecular weight is 311 g/mol. The van der Waals surface area contributed by atoms with Crippen molar-refractivity contribution < 1.29 is 4.52 Å². The van der Waals surface area contributed by atoms with Crippen LogP contribution in [0.15, 0.2) is 38.6 Å². The van der Waals surface area contributed by atoms with Gasteiger partial charge in [-0.3, -0.25) is 0 Å². The Bertz CT molecular complexity index is 654. The first-order valence-electron chi connectivity index (χ1n) is 5.29. The highest BCUT2D eigenvalue weighted by molar-refractivity contribution is 8.00. The maximum Gasteiger partial charge on any atom is 0.257 e. The molecular weight excluding hydrogens is 304 g/mol. The summed E-state index contributed by atoms with van der Waals surface area (Å²) in [7, 11) is 0. The van der Waals surface area contributed by atoms with E-state index in [9.17, 15) is 0 Å². The van der Waals surface area contributed by atoms with Crippen LogP contribution in [0.4, 0.5) is 0 Å². The van der Waals surface area contributed by atoms with E-state index in [1.165, 1.54) is 23.1 Å². The average Bonchev–Trinajstić information content (AvgIpc) is 3.09. The minimum absolute atomic E-state index is 0.490. The third kappa shape index (κ3) is 3.12. The second kappa shape index (κ2) is 5.68. The first-order chi connectivity index (χ1) is 9.31. The van der Waals surface area contributed by atoms with Crippen molar-refractivity contribution in [3.63, 3.8) is 0 Å². The molecule has 3 aromatic rings. The van der Waals surface area contributed by atoms with Gasteiger partial charge in [0.1, 0.15) is 5.51 Å². The lowest BCUT2D eigenvalue weighted by Gasteiger charge is -1.93. The summed E-state index contributed by atoms with van der Waals surface area (Å²) in [6.07, 6.45) is 0. The summed E-state index contributed by atoms with van der Waals surface area (Å²) >= 11 is 8.85. The van der Waals surface area contributed by atoms with Crippen LogP contribution in [0, 0.1) is 0 Å². The number of aromatic nitrogens is 4. The lowest BCUT2D eigenvalue weighted by Crippen LogP contribution is -1.84. The molecule has 0 radical (unpaired) electrons. The van der Waals surface area contributed by atoms with Gasteiger partial charge in [-0.05, 0) is 24.3 Å². The molecule has 0 fully saturated rings. The van der Waals surface area contributed by atoms with Crippen molar-refractivity contribution in [1.82, 2.24) is 20.3 Å². The molecule has 0 unspecified atom stereocenters. The van der Waals surface area contributed by atoms with Crippen molar-refractivity contribution in [2.75, 3.05) is 0 Å². The van der Waals surface area contributed by atoms with E-state index in [1.54, 1.807) is 17.6 Å². The summed E-state index contributed by atoms with van der Waals surface area (Å²) in [5, 5.41) is 12.3. The predicted molar refractivity (Wildman–Crippen MR) is 74.2 cm³/mol. The van der Waals surface area contributed by atoms with E-state index >= 15 is 0 Å². The largest absolute Gasteiger partial charge is 0.334 e. The van der Waals surface area contributed by atoms with Gasteiger partial charge in [-0.25, -0.2) is 0 Å². The lowest BCUT2D eigenvalue weighted by molar-refractivity contribution is 0.425. The number of rotatable bonds is 4. The molecule has 2 aromatic heterocycles. The molecule has 0 spiro atoms. The van der Waals surface area contributed by atoms with Gasteiger partial charge in [0.2, 0.25) is 0 Å². The molecule has 0 atom stereocenters. The van der Waals surface area contributed by atoms with E-state index < -0.39 is 0 Å². The summed E-state index contributed by atoms with van der Waals surface area (Å²) in [6, 6.07) is 7.27. The van der Waals surface area contributed by atoms with Gasteiger partial charge in [0.25, 0.3) is 5.89 Å². The van der Waals surface area contributed by atoms with Crippen LogP contribution in [0.2, 0.25) is 5.02 Å². The molecule has 5 nitrogen and oxygen atoms in total. The normalized spacial score (nSPS) is 10.8. The minimum Gasteiger partial charge on any atom is -0.334 e. The predicted octanol–water partition coefficient (Wildman–Crippen LogP) is 3.53. The van der Waals surface area contributed by atoms with Crippen molar-refractivity contribution >= 4 is 34.7 Å². The van der Waals surface area contributed by atoms with Crippen LogP contribution in [0.1, 0.15) is 5.82 Å². The number of halogens is 1. The molecule has 0 saturated carbocycles. The standard InChI is InChI=1S/C11H7ClN4OS2/c12-8-3-1-7(2-4-8)10-14-9(16-17-10)5-18-11-15-13-6-19-11/h1-4,6H,5H2. The van der Waals surface area contributed by atoms with Crippen molar-refractivity contribution in [1.29, 1.82) is 0 Å². The van der Waals surface area contributed by atoms with E-state index in [0.29, 0.717) is 22.5 Å². The van der Waals surface area contributed by atoms with Crippen molar-refractivity contribution in [3.05, 3.63) is 40.6 Å². The Morgan fingerprint density at radius 1 is 1.26 bits per heavy atom. The highest BCUT2D eigenvalue weighted by Gasteiger charge is 2.09. The number of thioether (sulfide) groups is 1. The zero-order valence-electron chi connectivity index (χ0n) is 9.49. The number of nitrogens with zero attached hydrogens (tertiary/aromatic N) is 4. The molecule has 0 N–H and O–H groups in total. The smallest absolute Gasteiger partial charge is 0.257 e. The monoisotopic (exact) mass is 310 g/mol. The first-order valence-corrected chi connectivity index (χ1v) is 7.53. The number of benzene rings is 1. The van der Waals surface area contributed by atoms with Crippen LogP contribution in [0.5, 0.6) is 0 Å². The third-order valence-corrected chi connectivity index (χ3v) is 4.33. The summed E-state index contributed by atoms with van der Waals surface area (Å²) in [5.74, 6) is 1.72. The molecule has 0 aliphatic heterocycles.